The molecule has 0 radical (unpaired) electrons. The van der Waals surface area contributed by atoms with Crippen molar-refractivity contribution in [1.82, 2.24) is 10.6 Å². The lowest BCUT2D eigenvalue weighted by Crippen LogP contribution is -2.48. The number of alkyl carbamates (subject to hydrolysis) is 1. The molecule has 0 spiro atoms. The molecule has 3 aliphatic rings. The summed E-state index contributed by atoms with van der Waals surface area (Å²) < 4.78 is 5.66. The zero-order valence-corrected chi connectivity index (χ0v) is 20.1. The Bertz CT molecular complexity index is 1120. The number of hydrogen-bond acceptors (Lipinski definition) is 4. The van der Waals surface area contributed by atoms with Crippen LogP contribution in [0.5, 0.6) is 0 Å². The first-order valence-electron chi connectivity index (χ1n) is 12.5. The molecule has 184 valence electrons. The number of carboxylic acids is 1. The fourth-order valence-electron chi connectivity index (χ4n) is 6.06. The molecule has 0 aromatic heterocycles. The highest BCUT2D eigenvalue weighted by Crippen LogP contribution is 2.63. The number of aliphatic carboxylic acids is 1. The molecular formula is C28H32N2O5. The number of benzene rings is 2. The third-order valence-electron chi connectivity index (χ3n) is 8.30. The number of hydrogen-bond donors (Lipinski definition) is 3. The molecule has 7 heteroatoms. The van der Waals surface area contributed by atoms with Gasteiger partial charge in [0, 0.05) is 12.0 Å². The molecule has 35 heavy (non-hydrogen) atoms. The van der Waals surface area contributed by atoms with Gasteiger partial charge in [-0.15, -0.1) is 0 Å². The van der Waals surface area contributed by atoms with Gasteiger partial charge >= 0.3 is 12.1 Å². The summed E-state index contributed by atoms with van der Waals surface area (Å²) >= 11 is 0. The lowest BCUT2D eigenvalue weighted by molar-refractivity contribution is -0.144. The zero-order chi connectivity index (χ0) is 24.7. The van der Waals surface area contributed by atoms with E-state index in [0.29, 0.717) is 19.3 Å². The topological polar surface area (TPSA) is 105 Å². The van der Waals surface area contributed by atoms with E-state index in [2.05, 4.69) is 34.9 Å². The summed E-state index contributed by atoms with van der Waals surface area (Å²) in [5, 5.41) is 15.2. The fraction of sp³-hybridized carbons (Fsp3) is 0.464. The largest absolute Gasteiger partial charge is 0.480 e. The second kappa shape index (κ2) is 9.02. The summed E-state index contributed by atoms with van der Waals surface area (Å²) in [7, 11) is 0. The van der Waals surface area contributed by atoms with Gasteiger partial charge < -0.3 is 20.5 Å². The smallest absolute Gasteiger partial charge is 0.407 e. The maximum absolute atomic E-state index is 13.0. The minimum atomic E-state index is -1.01. The van der Waals surface area contributed by atoms with Crippen LogP contribution in [-0.4, -0.2) is 41.8 Å². The van der Waals surface area contributed by atoms with Gasteiger partial charge in [-0.3, -0.25) is 4.79 Å². The molecule has 2 aromatic rings. The molecule has 2 saturated carbocycles. The van der Waals surface area contributed by atoms with Gasteiger partial charge in [0.05, 0.1) is 5.41 Å². The standard InChI is InChI=1S/C28H32N2O5/c1-3-16(2)24(25(31)32)30-26(33)28-13-17(28)12-18(14-28)29-27(34)35-15-23-21-10-6-4-8-19(21)20-9-5-7-11-22(20)23/h4-11,16-18,23-24H,3,12-15H2,1-2H3,(H,29,34)(H,30,33)(H,31,32). The van der Waals surface area contributed by atoms with Gasteiger partial charge in [0.25, 0.3) is 0 Å². The number of carbonyl (C=O) groups excluding carboxylic acids is 2. The molecule has 5 unspecified atom stereocenters. The highest BCUT2D eigenvalue weighted by molar-refractivity contribution is 5.90. The number of ether oxygens (including phenoxy) is 1. The maximum Gasteiger partial charge on any atom is 0.407 e. The van der Waals surface area contributed by atoms with Gasteiger partial charge in [0.15, 0.2) is 0 Å². The zero-order valence-electron chi connectivity index (χ0n) is 20.1. The van der Waals surface area contributed by atoms with Crippen molar-refractivity contribution in [3.63, 3.8) is 0 Å². The number of carboxylic acid groups (broad SMARTS) is 1. The van der Waals surface area contributed by atoms with Crippen molar-refractivity contribution in [2.45, 2.75) is 57.5 Å². The Morgan fingerprint density at radius 1 is 1.06 bits per heavy atom. The molecule has 0 bridgehead atoms. The Hall–Kier alpha value is -3.35. The van der Waals surface area contributed by atoms with Gasteiger partial charge in [0.2, 0.25) is 5.91 Å². The van der Waals surface area contributed by atoms with Crippen LogP contribution >= 0.6 is 0 Å². The summed E-state index contributed by atoms with van der Waals surface area (Å²) in [5.41, 5.74) is 4.11. The van der Waals surface area contributed by atoms with E-state index >= 15 is 0 Å². The number of fused-ring (bicyclic) bond motifs is 4. The first-order chi connectivity index (χ1) is 16.8. The molecule has 0 heterocycles. The average Bonchev–Trinajstić information content (AvgIpc) is 3.28. The van der Waals surface area contributed by atoms with E-state index in [9.17, 15) is 19.5 Å². The predicted molar refractivity (Wildman–Crippen MR) is 131 cm³/mol. The van der Waals surface area contributed by atoms with Gasteiger partial charge in [0.1, 0.15) is 12.6 Å². The number of rotatable bonds is 8. The molecule has 2 amide bonds. The Morgan fingerprint density at radius 3 is 2.29 bits per heavy atom. The monoisotopic (exact) mass is 476 g/mol. The van der Waals surface area contributed by atoms with Crippen LogP contribution in [0.25, 0.3) is 11.1 Å². The van der Waals surface area contributed by atoms with Crippen LogP contribution < -0.4 is 10.6 Å². The number of amides is 2. The minimum absolute atomic E-state index is 0.00393. The van der Waals surface area contributed by atoms with E-state index in [1.165, 1.54) is 11.1 Å². The summed E-state index contributed by atoms with van der Waals surface area (Å²) in [6.45, 7) is 3.99. The lowest BCUT2D eigenvalue weighted by Gasteiger charge is -2.24. The molecule has 5 atom stereocenters. The van der Waals surface area contributed by atoms with Crippen molar-refractivity contribution < 1.29 is 24.2 Å². The third-order valence-corrected chi connectivity index (χ3v) is 8.30. The lowest BCUT2D eigenvalue weighted by atomic mass is 9.96. The Balaban J connectivity index is 1.17. The number of nitrogens with one attached hydrogen (secondary N) is 2. The van der Waals surface area contributed by atoms with E-state index in [0.717, 1.165) is 17.5 Å². The van der Waals surface area contributed by atoms with Crippen molar-refractivity contribution in [3.8, 4) is 11.1 Å². The van der Waals surface area contributed by atoms with E-state index in [1.807, 2.05) is 38.1 Å². The maximum atomic E-state index is 13.0. The van der Waals surface area contributed by atoms with Crippen molar-refractivity contribution in [2.75, 3.05) is 6.61 Å². The molecule has 0 aliphatic heterocycles. The summed E-state index contributed by atoms with van der Waals surface area (Å²) in [6, 6.07) is 15.4. The quantitative estimate of drug-likeness (QED) is 0.527. The van der Waals surface area contributed by atoms with Gasteiger partial charge in [-0.05, 0) is 53.4 Å². The highest BCUT2D eigenvalue weighted by atomic mass is 16.5. The molecule has 5 rings (SSSR count). The van der Waals surface area contributed by atoms with Gasteiger partial charge in [-0.2, -0.15) is 0 Å². The van der Waals surface area contributed by atoms with Crippen LogP contribution in [0.1, 0.15) is 56.6 Å². The third kappa shape index (κ3) is 4.17. The van der Waals surface area contributed by atoms with E-state index in [4.69, 9.17) is 4.74 Å². The first kappa shape index (κ1) is 23.4. The second-order valence-electron chi connectivity index (χ2n) is 10.3. The first-order valence-corrected chi connectivity index (χ1v) is 12.5. The van der Waals surface area contributed by atoms with Crippen molar-refractivity contribution in [3.05, 3.63) is 59.7 Å². The van der Waals surface area contributed by atoms with Crippen LogP contribution in [-0.2, 0) is 14.3 Å². The van der Waals surface area contributed by atoms with Crippen LogP contribution in [0.2, 0.25) is 0 Å². The van der Waals surface area contributed by atoms with Crippen molar-refractivity contribution >= 4 is 18.0 Å². The number of carbonyl (C=O) groups is 3. The van der Waals surface area contributed by atoms with Crippen LogP contribution in [0.15, 0.2) is 48.5 Å². The van der Waals surface area contributed by atoms with Crippen molar-refractivity contribution in [2.24, 2.45) is 17.3 Å². The molecule has 7 nitrogen and oxygen atoms in total. The Morgan fingerprint density at radius 2 is 1.69 bits per heavy atom. The Kier molecular flexibility index (Phi) is 6.03. The molecule has 2 fully saturated rings. The summed E-state index contributed by atoms with van der Waals surface area (Å²) in [6.07, 6.45) is 2.16. The Labute approximate surface area is 205 Å². The van der Waals surface area contributed by atoms with Crippen molar-refractivity contribution in [1.29, 1.82) is 0 Å². The molecule has 2 aromatic carbocycles. The molecular weight excluding hydrogens is 444 g/mol. The van der Waals surface area contributed by atoms with Gasteiger partial charge in [-0.25, -0.2) is 9.59 Å². The SMILES string of the molecule is CCC(C)C(NC(=O)C12CC(NC(=O)OCC3c4ccccc4-c4ccccc43)CC1C2)C(=O)O. The second-order valence-corrected chi connectivity index (χ2v) is 10.3. The van der Waals surface area contributed by atoms with Crippen LogP contribution in [0.4, 0.5) is 4.79 Å². The molecule has 3 aliphatic carbocycles. The van der Waals surface area contributed by atoms with E-state index in [-0.39, 0.29) is 36.3 Å². The summed E-state index contributed by atoms with van der Waals surface area (Å²) in [4.78, 5) is 37.3. The van der Waals surface area contributed by atoms with Gasteiger partial charge in [-0.1, -0.05) is 68.8 Å². The predicted octanol–water partition coefficient (Wildman–Crippen LogP) is 4.31. The van der Waals surface area contributed by atoms with E-state index in [1.54, 1.807) is 0 Å². The molecule has 3 N–H and O–H groups in total. The van der Waals surface area contributed by atoms with E-state index < -0.39 is 23.5 Å². The highest BCUT2D eigenvalue weighted by Gasteiger charge is 2.65. The summed E-state index contributed by atoms with van der Waals surface area (Å²) in [5.74, 6) is -1.19. The normalized spacial score (nSPS) is 25.5. The minimum Gasteiger partial charge on any atom is -0.480 e. The van der Waals surface area contributed by atoms with Crippen LogP contribution in [0, 0.1) is 17.3 Å². The van der Waals surface area contributed by atoms with Crippen LogP contribution in [0.3, 0.4) is 0 Å². The average molecular weight is 477 g/mol. The fourth-order valence-corrected chi connectivity index (χ4v) is 6.06. The molecule has 0 saturated heterocycles.